The van der Waals surface area contributed by atoms with Crippen LogP contribution in [0.2, 0.25) is 0 Å². The molecule has 0 bridgehead atoms. The van der Waals surface area contributed by atoms with E-state index in [1.807, 2.05) is 12.1 Å². The summed E-state index contributed by atoms with van der Waals surface area (Å²) in [5.74, 6) is 0. The fourth-order valence-corrected chi connectivity index (χ4v) is 2.72. The summed E-state index contributed by atoms with van der Waals surface area (Å²) in [5, 5.41) is 14.7. The van der Waals surface area contributed by atoms with Gasteiger partial charge in [0.15, 0.2) is 0 Å². The van der Waals surface area contributed by atoms with Crippen LogP contribution in [0, 0.1) is 10.1 Å². The minimum absolute atomic E-state index is 0.0533. The quantitative estimate of drug-likeness (QED) is 0.461. The summed E-state index contributed by atoms with van der Waals surface area (Å²) in [7, 11) is 0. The average Bonchev–Trinajstić information content (AvgIpc) is 3.14. The second-order valence-electron chi connectivity index (χ2n) is 5.72. The molecule has 0 saturated carbocycles. The van der Waals surface area contributed by atoms with Crippen molar-refractivity contribution >= 4 is 17.6 Å². The van der Waals surface area contributed by atoms with Crippen LogP contribution < -0.4 is 4.90 Å². The zero-order valence-corrected chi connectivity index (χ0v) is 13.3. The van der Waals surface area contributed by atoms with Crippen LogP contribution in [0.5, 0.6) is 0 Å². The van der Waals surface area contributed by atoms with Crippen molar-refractivity contribution in [2.24, 2.45) is 5.16 Å². The number of benzene rings is 2. The first-order valence-electron chi connectivity index (χ1n) is 7.96. The van der Waals surface area contributed by atoms with Crippen LogP contribution in [0.25, 0.3) is 0 Å². The zero-order valence-electron chi connectivity index (χ0n) is 13.3. The number of nitro benzene ring substituents is 1. The molecule has 1 heterocycles. The van der Waals surface area contributed by atoms with Gasteiger partial charge in [0.1, 0.15) is 6.61 Å². The molecule has 0 unspecified atom stereocenters. The number of hydrogen-bond acceptors (Lipinski definition) is 5. The lowest BCUT2D eigenvalue weighted by Crippen LogP contribution is -2.17. The highest BCUT2D eigenvalue weighted by Gasteiger charge is 2.11. The first-order chi connectivity index (χ1) is 11.7. The SMILES string of the molecule is O=[N+]([O-])c1cccc(CO/N=C\c2ccc(N3CCCC3)cc2)c1. The predicted molar refractivity (Wildman–Crippen MR) is 93.4 cm³/mol. The molecule has 2 aromatic rings. The van der Waals surface area contributed by atoms with Gasteiger partial charge in [-0.2, -0.15) is 0 Å². The van der Waals surface area contributed by atoms with Gasteiger partial charge in [0.25, 0.3) is 5.69 Å². The van der Waals surface area contributed by atoms with E-state index in [9.17, 15) is 10.1 Å². The molecule has 0 aliphatic carbocycles. The molecule has 124 valence electrons. The van der Waals surface area contributed by atoms with Gasteiger partial charge >= 0.3 is 0 Å². The van der Waals surface area contributed by atoms with E-state index in [4.69, 9.17) is 4.84 Å². The summed E-state index contributed by atoms with van der Waals surface area (Å²) in [6, 6.07) is 14.5. The molecule has 3 rings (SSSR count). The van der Waals surface area contributed by atoms with Gasteiger partial charge in [-0.1, -0.05) is 29.4 Å². The van der Waals surface area contributed by atoms with Gasteiger partial charge in [0.2, 0.25) is 0 Å². The fraction of sp³-hybridized carbons (Fsp3) is 0.278. The second-order valence-corrected chi connectivity index (χ2v) is 5.72. The average molecular weight is 325 g/mol. The van der Waals surface area contributed by atoms with Crippen molar-refractivity contribution in [1.29, 1.82) is 0 Å². The van der Waals surface area contributed by atoms with Gasteiger partial charge in [0.05, 0.1) is 11.1 Å². The van der Waals surface area contributed by atoms with E-state index in [1.165, 1.54) is 30.7 Å². The third kappa shape index (κ3) is 4.10. The molecule has 0 radical (unpaired) electrons. The molecule has 1 saturated heterocycles. The van der Waals surface area contributed by atoms with Crippen molar-refractivity contribution in [3.63, 3.8) is 0 Å². The normalized spacial score (nSPS) is 14.2. The molecular weight excluding hydrogens is 306 g/mol. The zero-order chi connectivity index (χ0) is 16.8. The van der Waals surface area contributed by atoms with Crippen molar-refractivity contribution in [2.75, 3.05) is 18.0 Å². The van der Waals surface area contributed by atoms with Crippen LogP contribution >= 0.6 is 0 Å². The molecule has 6 nitrogen and oxygen atoms in total. The predicted octanol–water partition coefficient (Wildman–Crippen LogP) is 3.75. The maximum absolute atomic E-state index is 10.7. The maximum Gasteiger partial charge on any atom is 0.269 e. The van der Waals surface area contributed by atoms with E-state index in [0.717, 1.165) is 18.7 Å². The van der Waals surface area contributed by atoms with Gasteiger partial charge in [-0.15, -0.1) is 0 Å². The Morgan fingerprint density at radius 3 is 2.62 bits per heavy atom. The summed E-state index contributed by atoms with van der Waals surface area (Å²) < 4.78 is 0. The van der Waals surface area contributed by atoms with E-state index < -0.39 is 4.92 Å². The number of non-ortho nitro benzene ring substituents is 1. The lowest BCUT2D eigenvalue weighted by atomic mass is 10.2. The Morgan fingerprint density at radius 1 is 1.17 bits per heavy atom. The molecule has 1 aliphatic rings. The molecule has 2 aromatic carbocycles. The first kappa shape index (κ1) is 16.0. The Hall–Kier alpha value is -2.89. The number of oxime groups is 1. The molecule has 0 amide bonds. The number of rotatable bonds is 6. The summed E-state index contributed by atoms with van der Waals surface area (Å²) in [5.41, 5.74) is 2.96. The summed E-state index contributed by atoms with van der Waals surface area (Å²) in [6.07, 6.45) is 4.16. The smallest absolute Gasteiger partial charge is 0.269 e. The van der Waals surface area contributed by atoms with Gasteiger partial charge in [-0.05, 0) is 36.1 Å². The van der Waals surface area contributed by atoms with Crippen molar-refractivity contribution in [1.82, 2.24) is 0 Å². The van der Waals surface area contributed by atoms with E-state index in [-0.39, 0.29) is 12.3 Å². The molecule has 6 heteroatoms. The monoisotopic (exact) mass is 325 g/mol. The van der Waals surface area contributed by atoms with Gasteiger partial charge < -0.3 is 9.74 Å². The minimum atomic E-state index is -0.422. The molecule has 1 fully saturated rings. The summed E-state index contributed by atoms with van der Waals surface area (Å²) >= 11 is 0. The molecule has 1 aliphatic heterocycles. The number of anilines is 1. The molecule has 0 N–H and O–H groups in total. The molecule has 0 atom stereocenters. The Morgan fingerprint density at radius 2 is 1.92 bits per heavy atom. The highest BCUT2D eigenvalue weighted by Crippen LogP contribution is 2.20. The van der Waals surface area contributed by atoms with Crippen LogP contribution in [-0.4, -0.2) is 24.2 Å². The van der Waals surface area contributed by atoms with Crippen LogP contribution in [0.4, 0.5) is 11.4 Å². The standard InChI is InChI=1S/C18H19N3O3/c22-21(23)18-5-3-4-16(12-18)14-24-19-13-15-6-8-17(9-7-15)20-10-1-2-11-20/h3-9,12-13H,1-2,10-11,14H2/b19-13-. The van der Waals surface area contributed by atoms with Crippen LogP contribution in [0.1, 0.15) is 24.0 Å². The third-order valence-electron chi connectivity index (χ3n) is 3.99. The first-order valence-corrected chi connectivity index (χ1v) is 7.96. The van der Waals surface area contributed by atoms with Crippen molar-refractivity contribution in [3.05, 3.63) is 69.8 Å². The lowest BCUT2D eigenvalue weighted by Gasteiger charge is -2.17. The van der Waals surface area contributed by atoms with Crippen molar-refractivity contribution < 1.29 is 9.76 Å². The van der Waals surface area contributed by atoms with Crippen molar-refractivity contribution in [2.45, 2.75) is 19.4 Å². The summed E-state index contributed by atoms with van der Waals surface area (Å²) in [6.45, 7) is 2.45. The molecule has 0 spiro atoms. The van der Waals surface area contributed by atoms with Gasteiger partial charge in [0, 0.05) is 30.9 Å². The number of nitro groups is 1. The highest BCUT2D eigenvalue weighted by molar-refractivity contribution is 5.79. The van der Waals surface area contributed by atoms with E-state index in [2.05, 4.69) is 22.2 Å². The molecular formula is C18H19N3O3. The van der Waals surface area contributed by atoms with Crippen LogP contribution in [0.15, 0.2) is 53.7 Å². The Kier molecular flexibility index (Phi) is 5.05. The van der Waals surface area contributed by atoms with E-state index >= 15 is 0 Å². The molecule has 24 heavy (non-hydrogen) atoms. The Balaban J connectivity index is 1.52. The van der Waals surface area contributed by atoms with Crippen LogP contribution in [-0.2, 0) is 11.4 Å². The second kappa shape index (κ2) is 7.59. The number of hydrogen-bond donors (Lipinski definition) is 0. The third-order valence-corrected chi connectivity index (χ3v) is 3.99. The topological polar surface area (TPSA) is 68.0 Å². The van der Waals surface area contributed by atoms with Gasteiger partial charge in [-0.25, -0.2) is 0 Å². The fourth-order valence-electron chi connectivity index (χ4n) is 2.72. The van der Waals surface area contributed by atoms with E-state index in [1.54, 1.807) is 18.3 Å². The van der Waals surface area contributed by atoms with E-state index in [0.29, 0.717) is 5.56 Å². The summed E-state index contributed by atoms with van der Waals surface area (Å²) in [4.78, 5) is 17.9. The van der Waals surface area contributed by atoms with Crippen LogP contribution in [0.3, 0.4) is 0 Å². The largest absolute Gasteiger partial charge is 0.391 e. The van der Waals surface area contributed by atoms with Gasteiger partial charge in [-0.3, -0.25) is 10.1 Å². The Labute approximate surface area is 140 Å². The highest BCUT2D eigenvalue weighted by atomic mass is 16.6. The Bertz CT molecular complexity index is 723. The molecule has 0 aromatic heterocycles. The van der Waals surface area contributed by atoms with Crippen molar-refractivity contribution in [3.8, 4) is 0 Å². The lowest BCUT2D eigenvalue weighted by molar-refractivity contribution is -0.384. The number of nitrogens with zero attached hydrogens (tertiary/aromatic N) is 3. The maximum atomic E-state index is 10.7. The minimum Gasteiger partial charge on any atom is -0.391 e.